The van der Waals surface area contributed by atoms with E-state index in [0.29, 0.717) is 117 Å². The first-order valence-electron chi connectivity index (χ1n) is 36.3. The van der Waals surface area contributed by atoms with Gasteiger partial charge in [-0.05, 0) is 161 Å². The Hall–Kier alpha value is -14.5. The van der Waals surface area contributed by atoms with Crippen LogP contribution in [0.2, 0.25) is 0 Å². The second kappa shape index (κ2) is 33.5. The number of nitrogens with zero attached hydrogens (tertiary/aromatic N) is 10. The fourth-order valence-electron chi connectivity index (χ4n) is 13.4. The highest BCUT2D eigenvalue weighted by atomic mass is 16.7. The van der Waals surface area contributed by atoms with E-state index in [1.807, 2.05) is 218 Å². The fraction of sp³-hybridized carbons (Fsp3) is 0.154. The standard InChI is InChI=1S/C41H26N4O4.C30H22N4O4.C20H22N2O2/c1-3-11-31-29(9-1)30-10-2-4-12-32(30)41(31,27-17-19-35-39(21-27)48-25-46-37-15-7-5-13-33(37)42-23-44-35)28-18-20-36-40(22-28)49-26-47-38-16-8-6-14-34(38)43-24-45-36;1-5-13-25-21(9-1)31-19-33-23-11-3-7-15-27(23)37-29(17-35-25)30-18-36-26-14-6-2-10-22(26)32-20-34-24-12-4-8-16-28(24)38-30;1-3-15(2)16-12-23-19-10-6-4-8-17(19)21-14-22-18-9-5-7-11-20(18)24-13-16/h1-22H,25-26H2;1-16,29-30H,17-18H2;4-11,15-16H,3,12-13H2,1-2H3. The zero-order chi connectivity index (χ0) is 75.0. The first kappa shape index (κ1) is 70.8. The summed E-state index contributed by atoms with van der Waals surface area (Å²) in [7, 11) is 0. The van der Waals surface area contributed by atoms with Gasteiger partial charge in [0.2, 0.25) is 13.6 Å². The van der Waals surface area contributed by atoms with Crippen molar-refractivity contribution in [2.75, 3.05) is 40.0 Å². The Labute approximate surface area is 640 Å². The Balaban J connectivity index is 0.000000134. The molecule has 111 heavy (non-hydrogen) atoms. The summed E-state index contributed by atoms with van der Waals surface area (Å²) in [4.78, 5) is 44.1. The van der Waals surface area contributed by atoms with Crippen molar-refractivity contribution >= 4 is 86.9 Å². The Morgan fingerprint density at radius 1 is 0.288 bits per heavy atom. The van der Waals surface area contributed by atoms with Crippen LogP contribution in [-0.2, 0) is 5.41 Å². The summed E-state index contributed by atoms with van der Waals surface area (Å²) >= 11 is 0. The van der Waals surface area contributed by atoms with Crippen LogP contribution in [0.5, 0.6) is 57.5 Å². The summed E-state index contributed by atoms with van der Waals surface area (Å²) in [5, 5.41) is 0. The van der Waals surface area contributed by atoms with Crippen molar-refractivity contribution in [2.45, 2.75) is 37.9 Å². The van der Waals surface area contributed by atoms with Gasteiger partial charge in [0.15, 0.2) is 23.7 Å². The SMILES string of the molecule is C1=Nc2ccccc2OCC(C2COc3ccccc3N=C=Nc3ccccc3O2)Oc2ccccc2N=1.C1=Nc2ccccc2OCOc2cc(C3(c4ccc5c(c4)OCOc4ccccc4N=C=N5)c4ccccc4-c4ccccc43)ccc2N=1.CCC(C)C1COc2ccccc2N=C=Nc2ccccc2OC1. The van der Waals surface area contributed by atoms with Gasteiger partial charge in [-0.1, -0.05) is 178 Å². The Morgan fingerprint density at radius 3 is 0.865 bits per heavy atom. The molecule has 0 saturated heterocycles. The van der Waals surface area contributed by atoms with E-state index in [0.717, 1.165) is 62.7 Å². The lowest BCUT2D eigenvalue weighted by Gasteiger charge is -2.34. The molecule has 5 aliphatic heterocycles. The third-order valence-electron chi connectivity index (χ3n) is 19.4. The highest BCUT2D eigenvalue weighted by Crippen LogP contribution is 2.58. The molecule has 20 heteroatoms. The number of aliphatic imine (C=N–C) groups is 10. The molecule has 0 bridgehead atoms. The van der Waals surface area contributed by atoms with Gasteiger partial charge in [-0.3, -0.25) is 0 Å². The highest BCUT2D eigenvalue weighted by Gasteiger charge is 2.47. The average Bonchev–Trinajstić information content (AvgIpc) is 1.54. The first-order chi connectivity index (χ1) is 54.9. The van der Waals surface area contributed by atoms with Crippen LogP contribution in [0.25, 0.3) is 11.1 Å². The molecule has 12 aromatic carbocycles. The van der Waals surface area contributed by atoms with Crippen LogP contribution >= 0.6 is 0 Å². The summed E-state index contributed by atoms with van der Waals surface area (Å²) in [5.41, 5.74) is 12.0. The quantitative estimate of drug-likeness (QED) is 0.159. The number of fused-ring (bicyclic) bond motifs is 13. The van der Waals surface area contributed by atoms with E-state index in [1.54, 1.807) is 0 Å². The van der Waals surface area contributed by atoms with Gasteiger partial charge in [-0.25, -0.2) is 0 Å². The van der Waals surface area contributed by atoms with E-state index >= 15 is 0 Å². The molecule has 20 nitrogen and oxygen atoms in total. The molecule has 6 aliphatic rings. The van der Waals surface area contributed by atoms with Crippen molar-refractivity contribution in [1.82, 2.24) is 0 Å². The van der Waals surface area contributed by atoms with Gasteiger partial charge in [-0.15, -0.1) is 0 Å². The zero-order valence-corrected chi connectivity index (χ0v) is 60.4. The smallest absolute Gasteiger partial charge is 0.231 e. The minimum atomic E-state index is -0.759. The van der Waals surface area contributed by atoms with E-state index in [-0.39, 0.29) is 26.8 Å². The number of hydrogen-bond acceptors (Lipinski definition) is 20. The van der Waals surface area contributed by atoms with Crippen LogP contribution in [-0.4, -0.2) is 82.3 Å². The van der Waals surface area contributed by atoms with Gasteiger partial charge >= 0.3 is 0 Å². The Bertz CT molecular complexity index is 5450. The number of ether oxygens (including phenoxy) is 10. The molecular weight excluding hydrogens is 1390 g/mol. The second-order valence-electron chi connectivity index (χ2n) is 26.1. The predicted octanol–water partition coefficient (Wildman–Crippen LogP) is 22.0. The molecule has 3 unspecified atom stereocenters. The molecule has 0 aromatic heterocycles. The second-order valence-corrected chi connectivity index (χ2v) is 26.1. The van der Waals surface area contributed by atoms with Gasteiger partial charge < -0.3 is 47.4 Å². The molecule has 12 aromatic rings. The summed E-state index contributed by atoms with van der Waals surface area (Å²) in [5.74, 6) is 6.82. The van der Waals surface area contributed by atoms with Crippen molar-refractivity contribution in [3.63, 3.8) is 0 Å². The van der Waals surface area contributed by atoms with Crippen molar-refractivity contribution < 1.29 is 47.4 Å². The molecule has 544 valence electrons. The maximum Gasteiger partial charge on any atom is 0.231 e. The molecule has 0 amide bonds. The minimum Gasteiger partial charge on any atom is -0.491 e. The third kappa shape index (κ3) is 15.9. The molecule has 3 atom stereocenters. The van der Waals surface area contributed by atoms with Crippen molar-refractivity contribution in [2.24, 2.45) is 61.8 Å². The number of benzene rings is 12. The van der Waals surface area contributed by atoms with Crippen molar-refractivity contribution in [3.8, 4) is 68.6 Å². The summed E-state index contributed by atoms with van der Waals surface area (Å²) in [6.45, 7) is 5.88. The number of para-hydroxylation sites is 16. The lowest BCUT2D eigenvalue weighted by Crippen LogP contribution is -2.44. The van der Waals surface area contributed by atoms with E-state index in [2.05, 4.69) is 154 Å². The lowest BCUT2D eigenvalue weighted by molar-refractivity contribution is -0.0000331. The van der Waals surface area contributed by atoms with Crippen LogP contribution < -0.4 is 47.4 Å². The van der Waals surface area contributed by atoms with E-state index in [9.17, 15) is 0 Å². The molecular formula is C91H70N10O10. The lowest BCUT2D eigenvalue weighted by atomic mass is 9.67. The van der Waals surface area contributed by atoms with E-state index in [4.69, 9.17) is 47.4 Å². The zero-order valence-electron chi connectivity index (χ0n) is 60.4. The first-order valence-corrected chi connectivity index (χ1v) is 36.3. The molecule has 18 rings (SSSR count). The summed E-state index contributed by atoms with van der Waals surface area (Å²) in [6.07, 6.45) is -0.136. The molecule has 1 aliphatic carbocycles. The van der Waals surface area contributed by atoms with Crippen LogP contribution in [0.3, 0.4) is 0 Å². The van der Waals surface area contributed by atoms with Gasteiger partial charge in [0.25, 0.3) is 0 Å². The van der Waals surface area contributed by atoms with Crippen LogP contribution in [0.1, 0.15) is 42.5 Å². The average molecular weight is 1460 g/mol. The van der Waals surface area contributed by atoms with Crippen LogP contribution in [0, 0.1) is 11.8 Å². The molecule has 0 fully saturated rings. The Kier molecular flexibility index (Phi) is 21.4. The number of rotatable bonds is 5. The van der Waals surface area contributed by atoms with Crippen LogP contribution in [0.4, 0.5) is 56.9 Å². The molecule has 0 saturated carbocycles. The topological polar surface area (TPSA) is 216 Å². The monoisotopic (exact) mass is 1460 g/mol. The van der Waals surface area contributed by atoms with E-state index < -0.39 is 17.6 Å². The maximum absolute atomic E-state index is 6.51. The molecule has 0 spiro atoms. The summed E-state index contributed by atoms with van der Waals surface area (Å²) < 4.78 is 62.0. The van der Waals surface area contributed by atoms with Gasteiger partial charge in [0, 0.05) is 5.92 Å². The molecule has 5 heterocycles. The highest BCUT2D eigenvalue weighted by molar-refractivity contribution is 5.87. The van der Waals surface area contributed by atoms with Gasteiger partial charge in [0.1, 0.15) is 146 Å². The van der Waals surface area contributed by atoms with E-state index in [1.165, 1.54) is 0 Å². The Morgan fingerprint density at radius 2 is 0.541 bits per heavy atom. The largest absolute Gasteiger partial charge is 0.491 e. The fourth-order valence-corrected chi connectivity index (χ4v) is 13.4. The maximum atomic E-state index is 6.51. The summed E-state index contributed by atoms with van der Waals surface area (Å²) in [6, 6.07) is 103. The van der Waals surface area contributed by atoms with Crippen molar-refractivity contribution in [1.29, 1.82) is 0 Å². The van der Waals surface area contributed by atoms with Gasteiger partial charge in [0.05, 0.1) is 18.6 Å². The third-order valence-corrected chi connectivity index (χ3v) is 19.4. The van der Waals surface area contributed by atoms with Gasteiger partial charge in [-0.2, -0.15) is 49.9 Å². The number of hydrogen-bond donors (Lipinski definition) is 0. The van der Waals surface area contributed by atoms with Crippen LogP contribution in [0.15, 0.2) is 329 Å². The molecule has 0 N–H and O–H groups in total. The predicted molar refractivity (Wildman–Crippen MR) is 427 cm³/mol. The minimum absolute atomic E-state index is 0.0198. The van der Waals surface area contributed by atoms with Crippen molar-refractivity contribution in [3.05, 3.63) is 301 Å². The molecule has 0 radical (unpaired) electrons. The normalized spacial score (nSPS) is 16.5.